The van der Waals surface area contributed by atoms with Gasteiger partial charge in [0.15, 0.2) is 0 Å². The van der Waals surface area contributed by atoms with Crippen molar-refractivity contribution < 1.29 is 13.2 Å². The molecule has 2 aromatic carbocycles. The molecule has 0 aliphatic carbocycles. The van der Waals surface area contributed by atoms with Gasteiger partial charge in [0.2, 0.25) is 0 Å². The number of rotatable bonds is 3. The maximum atomic E-state index is 13.4. The summed E-state index contributed by atoms with van der Waals surface area (Å²) in [5.41, 5.74) is 1.81. The second kappa shape index (κ2) is 5.45. The lowest BCUT2D eigenvalue weighted by molar-refractivity contribution is 0.570. The van der Waals surface area contributed by atoms with Gasteiger partial charge in [0.1, 0.15) is 17.5 Å². The Morgan fingerprint density at radius 1 is 0.789 bits per heavy atom. The van der Waals surface area contributed by atoms with Gasteiger partial charge in [-0.05, 0) is 54.9 Å². The number of aryl methyl sites for hydroxylation is 1. The molecular formula is C15H14F3N. The topological polar surface area (TPSA) is 12.0 Å². The van der Waals surface area contributed by atoms with E-state index in [1.54, 1.807) is 20.0 Å². The molecule has 0 aromatic heterocycles. The zero-order chi connectivity index (χ0) is 14.0. The van der Waals surface area contributed by atoms with Crippen LogP contribution in [0.2, 0.25) is 0 Å². The molecule has 0 amide bonds. The highest BCUT2D eigenvalue weighted by molar-refractivity contribution is 5.35. The fourth-order valence-corrected chi connectivity index (χ4v) is 2.20. The highest BCUT2D eigenvalue weighted by Gasteiger charge is 2.15. The number of benzene rings is 2. The van der Waals surface area contributed by atoms with Crippen molar-refractivity contribution in [2.24, 2.45) is 0 Å². The molecule has 19 heavy (non-hydrogen) atoms. The van der Waals surface area contributed by atoms with E-state index in [1.165, 1.54) is 24.3 Å². The van der Waals surface area contributed by atoms with E-state index in [4.69, 9.17) is 0 Å². The lowest BCUT2D eigenvalue weighted by Gasteiger charge is -2.18. The predicted octanol–water partition coefficient (Wildman–Crippen LogP) is 3.72. The van der Waals surface area contributed by atoms with Crippen LogP contribution in [0.4, 0.5) is 13.2 Å². The summed E-state index contributed by atoms with van der Waals surface area (Å²) in [6, 6.07) is 7.38. The monoisotopic (exact) mass is 265 g/mol. The van der Waals surface area contributed by atoms with Crippen molar-refractivity contribution in [2.75, 3.05) is 7.05 Å². The largest absolute Gasteiger partial charge is 0.309 e. The van der Waals surface area contributed by atoms with Gasteiger partial charge in [-0.1, -0.05) is 6.07 Å². The van der Waals surface area contributed by atoms with Gasteiger partial charge in [-0.3, -0.25) is 0 Å². The Labute approximate surface area is 110 Å². The Morgan fingerprint density at radius 2 is 1.26 bits per heavy atom. The first-order valence-corrected chi connectivity index (χ1v) is 5.90. The summed E-state index contributed by atoms with van der Waals surface area (Å²) in [4.78, 5) is 0. The van der Waals surface area contributed by atoms with E-state index in [9.17, 15) is 13.2 Å². The molecule has 0 aliphatic heterocycles. The van der Waals surface area contributed by atoms with E-state index in [2.05, 4.69) is 5.32 Å². The molecule has 1 nitrogen and oxygen atoms in total. The van der Waals surface area contributed by atoms with E-state index >= 15 is 0 Å². The van der Waals surface area contributed by atoms with Crippen molar-refractivity contribution >= 4 is 0 Å². The van der Waals surface area contributed by atoms with Crippen molar-refractivity contribution in [2.45, 2.75) is 13.0 Å². The van der Waals surface area contributed by atoms with Gasteiger partial charge in [0.25, 0.3) is 0 Å². The number of halogens is 3. The van der Waals surface area contributed by atoms with Crippen LogP contribution in [0.1, 0.15) is 22.7 Å². The smallest absolute Gasteiger partial charge is 0.126 e. The van der Waals surface area contributed by atoms with Gasteiger partial charge >= 0.3 is 0 Å². The molecule has 0 saturated carbocycles. The standard InChI is InChI=1S/C15H14F3N/c1-9-3-10(5-12(16)4-9)15(19-2)11-6-13(17)8-14(18)7-11/h3-8,15,19H,1-2H3. The van der Waals surface area contributed by atoms with Crippen LogP contribution in [0.5, 0.6) is 0 Å². The second-order valence-corrected chi connectivity index (χ2v) is 4.49. The molecule has 1 atom stereocenters. The van der Waals surface area contributed by atoms with E-state index in [0.717, 1.165) is 11.6 Å². The van der Waals surface area contributed by atoms with Crippen molar-refractivity contribution in [1.29, 1.82) is 0 Å². The summed E-state index contributed by atoms with van der Waals surface area (Å²) < 4.78 is 39.9. The van der Waals surface area contributed by atoms with Gasteiger partial charge in [0, 0.05) is 6.07 Å². The lowest BCUT2D eigenvalue weighted by Crippen LogP contribution is -2.18. The second-order valence-electron chi connectivity index (χ2n) is 4.49. The summed E-state index contributed by atoms with van der Waals surface area (Å²) in [6.07, 6.45) is 0. The van der Waals surface area contributed by atoms with Crippen LogP contribution >= 0.6 is 0 Å². The quantitative estimate of drug-likeness (QED) is 0.891. The van der Waals surface area contributed by atoms with Crippen LogP contribution in [-0.4, -0.2) is 7.05 Å². The molecule has 0 aliphatic rings. The molecule has 100 valence electrons. The molecule has 0 radical (unpaired) electrons. The van der Waals surface area contributed by atoms with Gasteiger partial charge in [-0.15, -0.1) is 0 Å². The Hall–Kier alpha value is -1.81. The molecule has 0 heterocycles. The minimum Gasteiger partial charge on any atom is -0.309 e. The molecule has 0 saturated heterocycles. The third-order valence-corrected chi connectivity index (χ3v) is 2.90. The SMILES string of the molecule is CNC(c1cc(C)cc(F)c1)c1cc(F)cc(F)c1. The Balaban J connectivity index is 2.49. The zero-order valence-electron chi connectivity index (χ0n) is 10.7. The van der Waals surface area contributed by atoms with Crippen LogP contribution in [0.25, 0.3) is 0 Å². The van der Waals surface area contributed by atoms with Crippen molar-refractivity contribution in [3.63, 3.8) is 0 Å². The highest BCUT2D eigenvalue weighted by atomic mass is 19.1. The minimum atomic E-state index is -0.650. The molecule has 0 spiro atoms. The van der Waals surface area contributed by atoms with Crippen LogP contribution < -0.4 is 5.32 Å². The summed E-state index contributed by atoms with van der Waals surface area (Å²) in [7, 11) is 1.66. The van der Waals surface area contributed by atoms with Gasteiger partial charge in [-0.25, -0.2) is 13.2 Å². The van der Waals surface area contributed by atoms with E-state index in [1.807, 2.05) is 0 Å². The summed E-state index contributed by atoms with van der Waals surface area (Å²) in [5, 5.41) is 2.94. The van der Waals surface area contributed by atoms with Crippen LogP contribution in [-0.2, 0) is 0 Å². The van der Waals surface area contributed by atoms with Crippen molar-refractivity contribution in [3.8, 4) is 0 Å². The van der Waals surface area contributed by atoms with Gasteiger partial charge < -0.3 is 5.32 Å². The predicted molar refractivity (Wildman–Crippen MR) is 68.4 cm³/mol. The van der Waals surface area contributed by atoms with Gasteiger partial charge in [-0.2, -0.15) is 0 Å². The summed E-state index contributed by atoms with van der Waals surface area (Å²) >= 11 is 0. The lowest BCUT2D eigenvalue weighted by atomic mass is 9.97. The van der Waals surface area contributed by atoms with E-state index in [0.29, 0.717) is 11.1 Å². The van der Waals surface area contributed by atoms with E-state index < -0.39 is 17.7 Å². The molecule has 0 bridgehead atoms. The Morgan fingerprint density at radius 3 is 1.74 bits per heavy atom. The zero-order valence-corrected chi connectivity index (χ0v) is 10.7. The minimum absolute atomic E-state index is 0.368. The van der Waals surface area contributed by atoms with Gasteiger partial charge in [0.05, 0.1) is 6.04 Å². The Kier molecular flexibility index (Phi) is 3.90. The van der Waals surface area contributed by atoms with Crippen molar-refractivity contribution in [1.82, 2.24) is 5.32 Å². The molecule has 1 unspecified atom stereocenters. The molecule has 2 rings (SSSR count). The maximum Gasteiger partial charge on any atom is 0.126 e. The summed E-state index contributed by atoms with van der Waals surface area (Å²) in [5.74, 6) is -1.67. The molecular weight excluding hydrogens is 251 g/mol. The third-order valence-electron chi connectivity index (χ3n) is 2.90. The van der Waals surface area contributed by atoms with Crippen LogP contribution in [0.3, 0.4) is 0 Å². The molecule has 1 N–H and O–H groups in total. The molecule has 4 heteroatoms. The first kappa shape index (κ1) is 13.6. The third kappa shape index (κ3) is 3.15. The fraction of sp³-hybridized carbons (Fsp3) is 0.200. The number of hydrogen-bond donors (Lipinski definition) is 1. The average Bonchev–Trinajstić information content (AvgIpc) is 2.27. The van der Waals surface area contributed by atoms with Crippen LogP contribution in [0.15, 0.2) is 36.4 Å². The molecule has 0 fully saturated rings. The fourth-order valence-electron chi connectivity index (χ4n) is 2.20. The maximum absolute atomic E-state index is 13.4. The first-order valence-electron chi connectivity index (χ1n) is 5.90. The van der Waals surface area contributed by atoms with Crippen molar-refractivity contribution in [3.05, 3.63) is 70.5 Å². The number of nitrogens with one attached hydrogen (secondary N) is 1. The first-order chi connectivity index (χ1) is 8.99. The number of hydrogen-bond acceptors (Lipinski definition) is 1. The van der Waals surface area contributed by atoms with E-state index in [-0.39, 0.29) is 5.82 Å². The Bertz CT molecular complexity index is 504. The van der Waals surface area contributed by atoms with Crippen LogP contribution in [0, 0.1) is 24.4 Å². The average molecular weight is 265 g/mol. The molecule has 2 aromatic rings. The normalized spacial score (nSPS) is 12.5. The summed E-state index contributed by atoms with van der Waals surface area (Å²) in [6.45, 7) is 1.77. The highest BCUT2D eigenvalue weighted by Crippen LogP contribution is 2.25.